The summed E-state index contributed by atoms with van der Waals surface area (Å²) in [5.41, 5.74) is 1.13. The molecule has 0 radical (unpaired) electrons. The topological polar surface area (TPSA) is 30.5 Å². The van der Waals surface area contributed by atoms with Crippen molar-refractivity contribution >= 4 is 18.4 Å². The van der Waals surface area contributed by atoms with Crippen LogP contribution in [0.25, 0.3) is 0 Å². The second kappa shape index (κ2) is 8.11. The van der Waals surface area contributed by atoms with Crippen LogP contribution in [0.2, 0.25) is 0 Å². The van der Waals surface area contributed by atoms with E-state index in [1.165, 1.54) is 0 Å². The molecule has 3 nitrogen and oxygen atoms in total. The Bertz CT molecular complexity index is 752. The lowest BCUT2D eigenvalue weighted by Gasteiger charge is -2.24. The standard InChI is InChI=1S/C19H18NO2PS/c24-23(21-18-12-6-2-7-13-18,22-19-14-8-3-9-15-19)20-16-17-10-4-1-5-11-17/h1-15H,16H2,(H,20,24). The predicted molar refractivity (Wildman–Crippen MR) is 102 cm³/mol. The SMILES string of the molecule is S=P(NCc1ccccc1)(Oc1ccccc1)Oc1ccccc1. The van der Waals surface area contributed by atoms with Gasteiger partial charge in [0.1, 0.15) is 11.5 Å². The zero-order valence-electron chi connectivity index (χ0n) is 13.0. The Balaban J connectivity index is 1.78. The van der Waals surface area contributed by atoms with Crippen LogP contribution in [0.3, 0.4) is 0 Å². The first-order valence-corrected chi connectivity index (χ1v) is 10.3. The number of hydrogen-bond acceptors (Lipinski definition) is 3. The van der Waals surface area contributed by atoms with E-state index in [0.717, 1.165) is 5.56 Å². The maximum Gasteiger partial charge on any atom is 0.365 e. The van der Waals surface area contributed by atoms with E-state index >= 15 is 0 Å². The molecule has 1 N–H and O–H groups in total. The van der Waals surface area contributed by atoms with Crippen LogP contribution in [0.5, 0.6) is 11.5 Å². The zero-order valence-corrected chi connectivity index (χ0v) is 14.8. The summed E-state index contributed by atoms with van der Waals surface area (Å²) >= 11 is 5.72. The van der Waals surface area contributed by atoms with E-state index in [1.54, 1.807) is 0 Å². The van der Waals surface area contributed by atoms with Crippen molar-refractivity contribution in [2.75, 3.05) is 0 Å². The molecule has 0 fully saturated rings. The molecule has 0 atom stereocenters. The molecular weight excluding hydrogens is 337 g/mol. The summed E-state index contributed by atoms with van der Waals surface area (Å²) in [6.07, 6.45) is 0. The summed E-state index contributed by atoms with van der Waals surface area (Å²) < 4.78 is 12.0. The minimum Gasteiger partial charge on any atom is -0.425 e. The highest BCUT2D eigenvalue weighted by Crippen LogP contribution is 2.45. The van der Waals surface area contributed by atoms with Crippen molar-refractivity contribution < 1.29 is 9.05 Å². The summed E-state index contributed by atoms with van der Waals surface area (Å²) in [4.78, 5) is 0. The Kier molecular flexibility index (Phi) is 5.65. The van der Waals surface area contributed by atoms with E-state index in [4.69, 9.17) is 20.9 Å². The van der Waals surface area contributed by atoms with Crippen molar-refractivity contribution in [3.63, 3.8) is 0 Å². The van der Waals surface area contributed by atoms with Gasteiger partial charge in [-0.25, -0.2) is 5.09 Å². The Morgan fingerprint density at radius 3 is 1.54 bits per heavy atom. The number of hydrogen-bond donors (Lipinski definition) is 1. The summed E-state index contributed by atoms with van der Waals surface area (Å²) in [6.45, 7) is -2.16. The van der Waals surface area contributed by atoms with Crippen LogP contribution in [-0.4, -0.2) is 0 Å². The zero-order chi connectivity index (χ0) is 16.7. The van der Waals surface area contributed by atoms with Gasteiger partial charge in [-0.05, 0) is 29.8 Å². The number of nitrogens with one attached hydrogen (secondary N) is 1. The molecular formula is C19H18NO2PS. The van der Waals surface area contributed by atoms with Gasteiger partial charge in [-0.15, -0.1) is 0 Å². The van der Waals surface area contributed by atoms with E-state index in [2.05, 4.69) is 5.09 Å². The fourth-order valence-corrected chi connectivity index (χ4v) is 4.16. The maximum atomic E-state index is 6.02. The summed E-state index contributed by atoms with van der Waals surface area (Å²) in [7, 11) is 0. The molecule has 0 aromatic heterocycles. The third-order valence-electron chi connectivity index (χ3n) is 3.26. The highest BCUT2D eigenvalue weighted by molar-refractivity contribution is 8.09. The molecule has 0 heterocycles. The number of benzene rings is 3. The molecule has 0 amide bonds. The molecule has 3 rings (SSSR count). The third-order valence-corrected chi connectivity index (χ3v) is 5.54. The smallest absolute Gasteiger partial charge is 0.365 e. The summed E-state index contributed by atoms with van der Waals surface area (Å²) in [5, 5.41) is 3.29. The molecule has 5 heteroatoms. The molecule has 0 spiro atoms. The lowest BCUT2D eigenvalue weighted by molar-refractivity contribution is 0.469. The number of rotatable bonds is 7. The van der Waals surface area contributed by atoms with Gasteiger partial charge in [0.05, 0.1) is 0 Å². The summed E-state index contributed by atoms with van der Waals surface area (Å²) in [6, 6.07) is 29.1. The van der Waals surface area contributed by atoms with Gasteiger partial charge in [0, 0.05) is 18.4 Å². The van der Waals surface area contributed by atoms with Crippen LogP contribution in [0.4, 0.5) is 0 Å². The predicted octanol–water partition coefficient (Wildman–Crippen LogP) is 5.16. The Morgan fingerprint density at radius 1 is 0.667 bits per heavy atom. The first-order chi connectivity index (χ1) is 11.7. The molecule has 0 unspecified atom stereocenters. The van der Waals surface area contributed by atoms with Crippen LogP contribution in [0.1, 0.15) is 5.56 Å². The van der Waals surface area contributed by atoms with Crippen molar-refractivity contribution in [1.29, 1.82) is 0 Å². The van der Waals surface area contributed by atoms with Crippen molar-refractivity contribution in [3.8, 4) is 11.5 Å². The molecule has 3 aromatic rings. The Morgan fingerprint density at radius 2 is 1.08 bits per heavy atom. The molecule has 0 aliphatic rings. The van der Waals surface area contributed by atoms with Crippen LogP contribution in [-0.2, 0) is 18.4 Å². The number of para-hydroxylation sites is 2. The van der Waals surface area contributed by atoms with Crippen molar-refractivity contribution in [1.82, 2.24) is 5.09 Å². The third kappa shape index (κ3) is 4.93. The second-order valence-electron chi connectivity index (χ2n) is 5.13. The van der Waals surface area contributed by atoms with Crippen molar-refractivity contribution in [3.05, 3.63) is 96.6 Å². The van der Waals surface area contributed by atoms with Crippen molar-refractivity contribution in [2.24, 2.45) is 0 Å². The fourth-order valence-electron chi connectivity index (χ4n) is 2.11. The largest absolute Gasteiger partial charge is 0.425 e. The lowest BCUT2D eigenvalue weighted by atomic mass is 10.2. The van der Waals surface area contributed by atoms with E-state index in [9.17, 15) is 0 Å². The Labute approximate surface area is 147 Å². The van der Waals surface area contributed by atoms with Gasteiger partial charge >= 0.3 is 6.64 Å². The quantitative estimate of drug-likeness (QED) is 0.593. The minimum atomic E-state index is -2.75. The highest BCUT2D eigenvalue weighted by atomic mass is 32.5. The molecule has 122 valence electrons. The molecule has 0 aliphatic carbocycles. The van der Waals surface area contributed by atoms with Crippen LogP contribution < -0.4 is 14.1 Å². The van der Waals surface area contributed by atoms with Gasteiger partial charge in [-0.1, -0.05) is 66.7 Å². The van der Waals surface area contributed by atoms with Gasteiger partial charge in [-0.2, -0.15) is 0 Å². The minimum absolute atomic E-state index is 0.581. The monoisotopic (exact) mass is 355 g/mol. The fraction of sp³-hybridized carbons (Fsp3) is 0.0526. The van der Waals surface area contributed by atoms with Gasteiger partial charge in [0.25, 0.3) is 0 Å². The van der Waals surface area contributed by atoms with Gasteiger partial charge in [0.15, 0.2) is 0 Å². The second-order valence-corrected chi connectivity index (χ2v) is 8.25. The first-order valence-electron chi connectivity index (χ1n) is 7.62. The molecule has 0 saturated carbocycles. The summed E-state index contributed by atoms with van der Waals surface area (Å²) in [5.74, 6) is 1.38. The molecule has 0 bridgehead atoms. The van der Waals surface area contributed by atoms with Crippen LogP contribution in [0.15, 0.2) is 91.0 Å². The van der Waals surface area contributed by atoms with E-state index in [0.29, 0.717) is 18.0 Å². The molecule has 0 aliphatic heterocycles. The van der Waals surface area contributed by atoms with E-state index < -0.39 is 6.64 Å². The van der Waals surface area contributed by atoms with Gasteiger partial charge in [0.2, 0.25) is 0 Å². The van der Waals surface area contributed by atoms with E-state index in [1.807, 2.05) is 91.0 Å². The highest BCUT2D eigenvalue weighted by Gasteiger charge is 2.22. The van der Waals surface area contributed by atoms with Crippen LogP contribution in [0, 0.1) is 0 Å². The normalized spacial score (nSPS) is 11.0. The molecule has 24 heavy (non-hydrogen) atoms. The van der Waals surface area contributed by atoms with Gasteiger partial charge < -0.3 is 9.05 Å². The molecule has 3 aromatic carbocycles. The van der Waals surface area contributed by atoms with Crippen LogP contribution >= 0.6 is 6.64 Å². The first kappa shape index (κ1) is 16.7. The Hall–Kier alpha value is -2.13. The van der Waals surface area contributed by atoms with Crippen molar-refractivity contribution in [2.45, 2.75) is 6.54 Å². The van der Waals surface area contributed by atoms with E-state index in [-0.39, 0.29) is 0 Å². The molecule has 0 saturated heterocycles. The average Bonchev–Trinajstić information content (AvgIpc) is 2.63. The lowest BCUT2D eigenvalue weighted by Crippen LogP contribution is -2.18. The average molecular weight is 355 g/mol. The van der Waals surface area contributed by atoms with Gasteiger partial charge in [-0.3, -0.25) is 0 Å². The maximum absolute atomic E-state index is 6.02.